The van der Waals surface area contributed by atoms with Gasteiger partial charge in [-0.3, -0.25) is 0 Å². The van der Waals surface area contributed by atoms with Crippen LogP contribution in [-0.2, 0) is 6.54 Å². The first-order valence-corrected chi connectivity index (χ1v) is 7.31. The molecule has 2 aromatic heterocycles. The zero-order valence-corrected chi connectivity index (χ0v) is 12.1. The Balaban J connectivity index is 2.44. The van der Waals surface area contributed by atoms with Crippen molar-refractivity contribution in [2.75, 3.05) is 0 Å². The predicted octanol–water partition coefficient (Wildman–Crippen LogP) is 4.51. The fourth-order valence-corrected chi connectivity index (χ4v) is 3.91. The average Bonchev–Trinajstić information content (AvgIpc) is 2.81. The third kappa shape index (κ3) is 1.82. The summed E-state index contributed by atoms with van der Waals surface area (Å²) in [6.07, 6.45) is 0. The lowest BCUT2D eigenvalue weighted by atomic mass is 10.2. The molecule has 0 saturated heterocycles. The third-order valence-electron chi connectivity index (χ3n) is 2.96. The Hall–Kier alpha value is -0.740. The van der Waals surface area contributed by atoms with Crippen molar-refractivity contribution in [3.63, 3.8) is 0 Å². The molecule has 3 aromatic rings. The number of aromatic nitrogens is 1. The topological polar surface area (TPSA) is 30.9 Å². The molecule has 1 atom stereocenters. The second kappa shape index (κ2) is 4.42. The molecule has 18 heavy (non-hydrogen) atoms. The molecule has 0 aliphatic rings. The minimum atomic E-state index is 0.0847. The molecule has 0 amide bonds. The van der Waals surface area contributed by atoms with E-state index in [1.165, 1.54) is 10.2 Å². The molecule has 0 saturated carbocycles. The van der Waals surface area contributed by atoms with Crippen LogP contribution >= 0.6 is 34.5 Å². The number of fused-ring (bicyclic) bond motifs is 3. The lowest BCUT2D eigenvalue weighted by Crippen LogP contribution is -2.21. The van der Waals surface area contributed by atoms with Gasteiger partial charge in [-0.05, 0) is 30.5 Å². The van der Waals surface area contributed by atoms with E-state index in [0.29, 0.717) is 10.0 Å². The second-order valence-corrected chi connectivity index (χ2v) is 6.26. The largest absolute Gasteiger partial charge is 0.338 e. The Morgan fingerprint density at radius 2 is 2.11 bits per heavy atom. The van der Waals surface area contributed by atoms with Crippen molar-refractivity contribution in [2.24, 2.45) is 5.73 Å². The predicted molar refractivity (Wildman–Crippen MR) is 81.0 cm³/mol. The van der Waals surface area contributed by atoms with Gasteiger partial charge in [-0.15, -0.1) is 11.3 Å². The molecule has 0 bridgehead atoms. The van der Waals surface area contributed by atoms with E-state index < -0.39 is 0 Å². The van der Waals surface area contributed by atoms with Crippen molar-refractivity contribution in [3.8, 4) is 0 Å². The highest BCUT2D eigenvalue weighted by Crippen LogP contribution is 2.39. The van der Waals surface area contributed by atoms with Crippen molar-refractivity contribution in [1.82, 2.24) is 4.57 Å². The summed E-state index contributed by atoms with van der Waals surface area (Å²) in [6, 6.07) is 5.94. The Kier molecular flexibility index (Phi) is 3.02. The maximum absolute atomic E-state index is 6.33. The van der Waals surface area contributed by atoms with Crippen LogP contribution in [0, 0.1) is 0 Å². The molecule has 5 heteroatoms. The highest BCUT2D eigenvalue weighted by Gasteiger charge is 2.15. The smallest absolute Gasteiger partial charge is 0.0615 e. The molecule has 94 valence electrons. The Bertz CT molecular complexity index is 727. The van der Waals surface area contributed by atoms with Crippen LogP contribution in [0.3, 0.4) is 0 Å². The van der Waals surface area contributed by atoms with Crippen LogP contribution in [0.1, 0.15) is 6.92 Å². The first-order valence-electron chi connectivity index (χ1n) is 5.68. The molecular weight excluding hydrogens is 287 g/mol. The highest BCUT2D eigenvalue weighted by molar-refractivity contribution is 7.18. The van der Waals surface area contributed by atoms with Crippen molar-refractivity contribution in [1.29, 1.82) is 0 Å². The average molecular weight is 299 g/mol. The van der Waals surface area contributed by atoms with Crippen molar-refractivity contribution < 1.29 is 0 Å². The standard InChI is InChI=1S/C13H12Cl2N2S/c1-7(16)6-17-10-2-3-18-13(10)12-9(15)4-8(14)5-11(12)17/h2-5,7H,6,16H2,1H3/t7-/m0/s1. The minimum Gasteiger partial charge on any atom is -0.338 e. The highest BCUT2D eigenvalue weighted by atomic mass is 35.5. The van der Waals surface area contributed by atoms with E-state index in [9.17, 15) is 0 Å². The van der Waals surface area contributed by atoms with E-state index in [0.717, 1.165) is 17.4 Å². The van der Waals surface area contributed by atoms with Gasteiger partial charge in [0.2, 0.25) is 0 Å². The molecule has 2 N–H and O–H groups in total. The number of hydrogen-bond donors (Lipinski definition) is 1. The van der Waals surface area contributed by atoms with Crippen LogP contribution in [0.5, 0.6) is 0 Å². The van der Waals surface area contributed by atoms with Crippen molar-refractivity contribution in [3.05, 3.63) is 33.6 Å². The van der Waals surface area contributed by atoms with Gasteiger partial charge in [0.15, 0.2) is 0 Å². The zero-order valence-electron chi connectivity index (χ0n) is 9.78. The van der Waals surface area contributed by atoms with Gasteiger partial charge in [0.25, 0.3) is 0 Å². The van der Waals surface area contributed by atoms with Crippen LogP contribution in [0.25, 0.3) is 21.1 Å². The summed E-state index contributed by atoms with van der Waals surface area (Å²) in [6.45, 7) is 2.75. The van der Waals surface area contributed by atoms with Crippen LogP contribution in [-0.4, -0.2) is 10.6 Å². The van der Waals surface area contributed by atoms with Gasteiger partial charge in [0, 0.05) is 23.0 Å². The first-order chi connectivity index (χ1) is 8.58. The first kappa shape index (κ1) is 12.3. The minimum absolute atomic E-state index is 0.0847. The van der Waals surface area contributed by atoms with Crippen molar-refractivity contribution in [2.45, 2.75) is 19.5 Å². The molecule has 2 nitrogen and oxygen atoms in total. The third-order valence-corrected chi connectivity index (χ3v) is 4.40. The molecule has 3 rings (SSSR count). The number of halogens is 2. The van der Waals surface area contributed by atoms with Gasteiger partial charge in [-0.25, -0.2) is 0 Å². The lowest BCUT2D eigenvalue weighted by molar-refractivity contribution is 0.618. The molecule has 0 fully saturated rings. The number of thiophene rings is 1. The van der Waals surface area contributed by atoms with Crippen molar-refractivity contribution >= 4 is 55.7 Å². The van der Waals surface area contributed by atoms with Crippen LogP contribution in [0.4, 0.5) is 0 Å². The lowest BCUT2D eigenvalue weighted by Gasteiger charge is -2.10. The molecular formula is C13H12Cl2N2S. The number of benzene rings is 1. The summed E-state index contributed by atoms with van der Waals surface area (Å²) >= 11 is 14.1. The Morgan fingerprint density at radius 1 is 1.33 bits per heavy atom. The fourth-order valence-electron chi connectivity index (χ4n) is 2.31. The van der Waals surface area contributed by atoms with Crippen LogP contribution < -0.4 is 5.73 Å². The monoisotopic (exact) mass is 298 g/mol. The normalized spacial score (nSPS) is 13.6. The molecule has 0 aliphatic heterocycles. The second-order valence-electron chi connectivity index (χ2n) is 4.50. The maximum atomic E-state index is 6.33. The molecule has 0 aliphatic carbocycles. The van der Waals surface area contributed by atoms with Gasteiger partial charge in [0.05, 0.1) is 20.8 Å². The quantitative estimate of drug-likeness (QED) is 0.741. The van der Waals surface area contributed by atoms with Gasteiger partial charge >= 0.3 is 0 Å². The fraction of sp³-hybridized carbons (Fsp3) is 0.231. The number of nitrogens with two attached hydrogens (primary N) is 1. The number of hydrogen-bond acceptors (Lipinski definition) is 2. The summed E-state index contributed by atoms with van der Waals surface area (Å²) in [5.74, 6) is 0. The van der Waals surface area contributed by atoms with Crippen LogP contribution in [0.2, 0.25) is 10.0 Å². The maximum Gasteiger partial charge on any atom is 0.0615 e. The van der Waals surface area contributed by atoms with Crippen LogP contribution in [0.15, 0.2) is 23.6 Å². The van der Waals surface area contributed by atoms with E-state index in [1.807, 2.05) is 13.0 Å². The van der Waals surface area contributed by atoms with Gasteiger partial charge in [-0.1, -0.05) is 23.2 Å². The summed E-state index contributed by atoms with van der Waals surface area (Å²) < 4.78 is 3.40. The van der Waals surface area contributed by atoms with E-state index in [-0.39, 0.29) is 6.04 Å². The summed E-state index contributed by atoms with van der Waals surface area (Å²) in [4.78, 5) is 0. The molecule has 0 spiro atoms. The van der Waals surface area contributed by atoms with Gasteiger partial charge < -0.3 is 10.3 Å². The number of rotatable bonds is 2. The SMILES string of the molecule is C[C@H](N)Cn1c2ccsc2c2c(Cl)cc(Cl)cc21. The number of nitrogens with zero attached hydrogens (tertiary/aromatic N) is 1. The summed E-state index contributed by atoms with van der Waals surface area (Å²) in [5.41, 5.74) is 8.17. The van der Waals surface area contributed by atoms with E-state index >= 15 is 0 Å². The Labute approximate surface area is 119 Å². The van der Waals surface area contributed by atoms with E-state index in [1.54, 1.807) is 17.4 Å². The molecule has 0 radical (unpaired) electrons. The molecule has 1 aromatic carbocycles. The zero-order chi connectivity index (χ0) is 12.9. The molecule has 0 unspecified atom stereocenters. The van der Waals surface area contributed by atoms with Gasteiger partial charge in [-0.2, -0.15) is 0 Å². The van der Waals surface area contributed by atoms with E-state index in [4.69, 9.17) is 28.9 Å². The molecule has 2 heterocycles. The summed E-state index contributed by atoms with van der Waals surface area (Å²) in [7, 11) is 0. The summed E-state index contributed by atoms with van der Waals surface area (Å²) in [5, 5.41) is 4.51. The Morgan fingerprint density at radius 3 is 2.83 bits per heavy atom. The van der Waals surface area contributed by atoms with E-state index in [2.05, 4.69) is 16.0 Å². The van der Waals surface area contributed by atoms with Gasteiger partial charge in [0.1, 0.15) is 0 Å².